The molecule has 1 atom stereocenters. The van der Waals surface area contributed by atoms with Gasteiger partial charge in [0.2, 0.25) is 0 Å². The van der Waals surface area contributed by atoms with Gasteiger partial charge in [0.05, 0.1) is 19.4 Å². The fourth-order valence-electron chi connectivity index (χ4n) is 4.50. The molecule has 0 rings (SSSR count). The van der Waals surface area contributed by atoms with Crippen molar-refractivity contribution in [2.75, 3.05) is 18.1 Å². The predicted molar refractivity (Wildman–Crippen MR) is 152 cm³/mol. The van der Waals surface area contributed by atoms with E-state index in [-0.39, 0.29) is 12.4 Å². The molecule has 0 spiro atoms. The Hall–Kier alpha value is -0.710. The molecule has 0 bridgehead atoms. The number of thioether (sulfide) groups is 1. The summed E-state index contributed by atoms with van der Waals surface area (Å²) in [6.07, 6.45) is 27.1. The zero-order valence-corrected chi connectivity index (χ0v) is 24.2. The maximum Gasteiger partial charge on any atom is 0.306 e. The zero-order valence-electron chi connectivity index (χ0n) is 23.3. The first-order valence-electron chi connectivity index (χ1n) is 15.0. The second-order valence-corrected chi connectivity index (χ2v) is 11.5. The minimum atomic E-state index is -0.782. The number of hydrogen-bond acceptors (Lipinski definition) is 4. The number of ether oxygens (including phenoxy) is 1. The fraction of sp³-hybridized carbons (Fsp3) is 0.933. The molecule has 0 aliphatic heterocycles. The summed E-state index contributed by atoms with van der Waals surface area (Å²) in [6.45, 7) is 5.10. The smallest absolute Gasteiger partial charge is 0.306 e. The van der Waals surface area contributed by atoms with Crippen LogP contribution in [0.5, 0.6) is 0 Å². The molecule has 0 aliphatic carbocycles. The molecule has 0 radical (unpaired) electrons. The second-order valence-electron chi connectivity index (χ2n) is 10.3. The first-order valence-corrected chi connectivity index (χ1v) is 16.2. The molecule has 4 nitrogen and oxygen atoms in total. The largest absolute Gasteiger partial charge is 0.481 e. The monoisotopic (exact) mass is 514 g/mol. The van der Waals surface area contributed by atoms with E-state index in [4.69, 9.17) is 9.84 Å². The van der Waals surface area contributed by atoms with Crippen LogP contribution in [0.1, 0.15) is 155 Å². The summed E-state index contributed by atoms with van der Waals surface area (Å²) < 4.78 is 5.63. The number of aliphatic carboxylic acids is 1. The van der Waals surface area contributed by atoms with Gasteiger partial charge in [-0.3, -0.25) is 9.59 Å². The van der Waals surface area contributed by atoms with E-state index in [0.29, 0.717) is 30.5 Å². The Labute approximate surface area is 222 Å². The summed E-state index contributed by atoms with van der Waals surface area (Å²) in [5.74, 6) is 0.788. The van der Waals surface area contributed by atoms with Gasteiger partial charge in [0.25, 0.3) is 0 Å². The van der Waals surface area contributed by atoms with E-state index in [1.54, 1.807) is 0 Å². The highest BCUT2D eigenvalue weighted by Gasteiger charge is 2.12. The van der Waals surface area contributed by atoms with Crippen molar-refractivity contribution < 1.29 is 19.4 Å². The van der Waals surface area contributed by atoms with Gasteiger partial charge in [-0.1, -0.05) is 129 Å². The summed E-state index contributed by atoms with van der Waals surface area (Å²) in [6, 6.07) is 0. The summed E-state index contributed by atoms with van der Waals surface area (Å²) in [4.78, 5) is 22.7. The standard InChI is InChI=1S/C30H58O4S/c1-3-5-7-9-11-13-14-16-18-20-22-28(21-19-17-15-12-10-8-6-4-2)27-34-30(33)24-26-35-25-23-29(31)32/h28H,3-27H2,1-2H3,(H,31,32). The molecule has 1 N–H and O–H groups in total. The van der Waals surface area contributed by atoms with Crippen LogP contribution in [0.15, 0.2) is 0 Å². The number of hydrogen-bond donors (Lipinski definition) is 1. The Kier molecular flexibility index (Phi) is 27.3. The molecule has 0 aromatic carbocycles. The van der Waals surface area contributed by atoms with Crippen LogP contribution >= 0.6 is 11.8 Å². The van der Waals surface area contributed by atoms with Gasteiger partial charge in [0.15, 0.2) is 0 Å². The Balaban J connectivity index is 4.03. The van der Waals surface area contributed by atoms with E-state index in [9.17, 15) is 9.59 Å². The van der Waals surface area contributed by atoms with E-state index in [2.05, 4.69) is 13.8 Å². The van der Waals surface area contributed by atoms with Crippen molar-refractivity contribution in [3.63, 3.8) is 0 Å². The van der Waals surface area contributed by atoms with Crippen LogP contribution in [-0.4, -0.2) is 35.2 Å². The quantitative estimate of drug-likeness (QED) is 0.0831. The van der Waals surface area contributed by atoms with Crippen molar-refractivity contribution in [1.82, 2.24) is 0 Å². The summed E-state index contributed by atoms with van der Waals surface area (Å²) in [5, 5.41) is 8.69. The highest BCUT2D eigenvalue weighted by molar-refractivity contribution is 7.99. The SMILES string of the molecule is CCCCCCCCCCCCC(CCCCCCCCCC)COC(=O)CCSCCC(=O)O. The van der Waals surface area contributed by atoms with Gasteiger partial charge in [-0.15, -0.1) is 0 Å². The lowest BCUT2D eigenvalue weighted by Gasteiger charge is -2.17. The topological polar surface area (TPSA) is 63.6 Å². The first-order chi connectivity index (χ1) is 17.1. The van der Waals surface area contributed by atoms with E-state index >= 15 is 0 Å². The summed E-state index contributed by atoms with van der Waals surface area (Å²) >= 11 is 1.52. The second kappa shape index (κ2) is 27.9. The van der Waals surface area contributed by atoms with Crippen LogP contribution in [0.3, 0.4) is 0 Å². The molecule has 35 heavy (non-hydrogen) atoms. The number of carboxylic acids is 1. The molecule has 0 fully saturated rings. The summed E-state index contributed by atoms with van der Waals surface area (Å²) in [7, 11) is 0. The molecule has 208 valence electrons. The first kappa shape index (κ1) is 34.3. The number of rotatable bonds is 28. The lowest BCUT2D eigenvalue weighted by molar-refractivity contribution is -0.144. The van der Waals surface area contributed by atoms with Crippen LogP contribution in [-0.2, 0) is 14.3 Å². The van der Waals surface area contributed by atoms with Crippen LogP contribution in [0.4, 0.5) is 0 Å². The van der Waals surface area contributed by atoms with Crippen LogP contribution in [0.2, 0.25) is 0 Å². The van der Waals surface area contributed by atoms with Gasteiger partial charge in [-0.25, -0.2) is 0 Å². The lowest BCUT2D eigenvalue weighted by Crippen LogP contribution is -2.15. The van der Waals surface area contributed by atoms with E-state index in [0.717, 1.165) is 0 Å². The predicted octanol–water partition coefficient (Wildman–Crippen LogP) is 9.59. The molecule has 0 saturated heterocycles. The number of unbranched alkanes of at least 4 members (excludes halogenated alkanes) is 16. The van der Waals surface area contributed by atoms with Gasteiger partial charge < -0.3 is 9.84 Å². The maximum absolute atomic E-state index is 12.1. The number of esters is 1. The van der Waals surface area contributed by atoms with Gasteiger partial charge in [0.1, 0.15) is 0 Å². The van der Waals surface area contributed by atoms with Gasteiger partial charge in [-0.2, -0.15) is 11.8 Å². The molecule has 5 heteroatoms. The van der Waals surface area contributed by atoms with E-state index in [1.807, 2.05) is 0 Å². The third kappa shape index (κ3) is 27.7. The maximum atomic E-state index is 12.1. The molecular formula is C30H58O4S. The van der Waals surface area contributed by atoms with Crippen LogP contribution in [0, 0.1) is 5.92 Å². The molecular weight excluding hydrogens is 456 g/mol. The third-order valence-corrected chi connectivity index (χ3v) is 7.81. The Bertz CT molecular complexity index is 469. The zero-order chi connectivity index (χ0) is 25.8. The lowest BCUT2D eigenvalue weighted by atomic mass is 9.94. The Morgan fingerprint density at radius 1 is 0.629 bits per heavy atom. The molecule has 0 heterocycles. The van der Waals surface area contributed by atoms with Crippen molar-refractivity contribution >= 4 is 23.7 Å². The van der Waals surface area contributed by atoms with Crippen molar-refractivity contribution in [3.8, 4) is 0 Å². The number of carbonyl (C=O) groups is 2. The van der Waals surface area contributed by atoms with Crippen molar-refractivity contribution in [2.45, 2.75) is 155 Å². The fourth-order valence-corrected chi connectivity index (χ4v) is 5.33. The highest BCUT2D eigenvalue weighted by atomic mass is 32.2. The summed E-state index contributed by atoms with van der Waals surface area (Å²) in [5.41, 5.74) is 0. The van der Waals surface area contributed by atoms with Gasteiger partial charge in [-0.05, 0) is 18.8 Å². The van der Waals surface area contributed by atoms with Crippen LogP contribution in [0.25, 0.3) is 0 Å². The number of carboxylic acid groups (broad SMARTS) is 1. The van der Waals surface area contributed by atoms with E-state index in [1.165, 1.54) is 140 Å². The Morgan fingerprint density at radius 2 is 1.03 bits per heavy atom. The minimum Gasteiger partial charge on any atom is -0.481 e. The van der Waals surface area contributed by atoms with Crippen molar-refractivity contribution in [1.29, 1.82) is 0 Å². The molecule has 0 aromatic heterocycles. The van der Waals surface area contributed by atoms with E-state index < -0.39 is 5.97 Å². The van der Waals surface area contributed by atoms with Crippen LogP contribution < -0.4 is 0 Å². The Morgan fingerprint density at radius 3 is 1.46 bits per heavy atom. The average Bonchev–Trinajstić information content (AvgIpc) is 2.84. The highest BCUT2D eigenvalue weighted by Crippen LogP contribution is 2.21. The van der Waals surface area contributed by atoms with Gasteiger partial charge >= 0.3 is 11.9 Å². The minimum absolute atomic E-state index is 0.128. The van der Waals surface area contributed by atoms with Crippen molar-refractivity contribution in [2.24, 2.45) is 5.92 Å². The molecule has 0 aliphatic rings. The molecule has 0 amide bonds. The molecule has 0 aromatic rings. The molecule has 0 saturated carbocycles. The average molecular weight is 515 g/mol. The normalized spacial score (nSPS) is 12.1. The third-order valence-electron chi connectivity index (χ3n) is 6.82. The molecule has 1 unspecified atom stereocenters. The van der Waals surface area contributed by atoms with Crippen molar-refractivity contribution in [3.05, 3.63) is 0 Å². The number of carbonyl (C=O) groups excluding carboxylic acids is 1. The van der Waals surface area contributed by atoms with Gasteiger partial charge in [0, 0.05) is 11.5 Å².